The minimum Gasteiger partial charge on any atom is -0.378 e. The summed E-state index contributed by atoms with van der Waals surface area (Å²) >= 11 is 6.97. The van der Waals surface area contributed by atoms with Gasteiger partial charge in [0.25, 0.3) is 5.91 Å². The normalized spacial score (nSPS) is 20.9. The van der Waals surface area contributed by atoms with Crippen LogP contribution in [-0.4, -0.2) is 53.4 Å². The smallest absolute Gasteiger partial charge is 0.262 e. The van der Waals surface area contributed by atoms with Gasteiger partial charge in [-0.3, -0.25) is 9.59 Å². The van der Waals surface area contributed by atoms with Crippen LogP contribution in [0.2, 0.25) is 5.02 Å². The Hall–Kier alpha value is -1.64. The molecule has 1 saturated heterocycles. The molecular formula is C15H15ClFN3O3S. The van der Waals surface area contributed by atoms with Crippen LogP contribution in [0.3, 0.4) is 0 Å². The zero-order chi connectivity index (χ0) is 17.1. The predicted octanol–water partition coefficient (Wildman–Crippen LogP) is 2.14. The average molecular weight is 372 g/mol. The second-order valence-electron chi connectivity index (χ2n) is 5.32. The second kappa shape index (κ2) is 7.50. The van der Waals surface area contributed by atoms with Gasteiger partial charge in [0, 0.05) is 25.2 Å². The van der Waals surface area contributed by atoms with Crippen molar-refractivity contribution >= 4 is 46.0 Å². The first kappa shape index (κ1) is 17.2. The van der Waals surface area contributed by atoms with E-state index in [-0.39, 0.29) is 23.3 Å². The molecule has 2 aliphatic rings. The first-order chi connectivity index (χ1) is 11.5. The number of anilines is 1. The average Bonchev–Trinajstić information content (AvgIpc) is 2.93. The number of aliphatic imine (C=N–C) groups is 1. The highest BCUT2D eigenvalue weighted by Gasteiger charge is 2.33. The Bertz CT molecular complexity index is 695. The van der Waals surface area contributed by atoms with E-state index in [1.807, 2.05) is 4.90 Å². The lowest BCUT2D eigenvalue weighted by Gasteiger charge is -2.27. The highest BCUT2D eigenvalue weighted by Crippen LogP contribution is 2.28. The molecule has 0 spiro atoms. The fourth-order valence-electron chi connectivity index (χ4n) is 2.35. The molecule has 0 saturated carbocycles. The summed E-state index contributed by atoms with van der Waals surface area (Å²) in [5.41, 5.74) is 0.385. The van der Waals surface area contributed by atoms with E-state index in [0.29, 0.717) is 37.2 Å². The molecule has 24 heavy (non-hydrogen) atoms. The number of thioether (sulfide) groups is 1. The molecule has 1 fully saturated rings. The number of carbonyl (C=O) groups is 2. The maximum absolute atomic E-state index is 13.1. The van der Waals surface area contributed by atoms with Crippen molar-refractivity contribution in [2.75, 3.05) is 31.6 Å². The molecule has 0 bridgehead atoms. The Labute approximate surface area is 147 Å². The largest absolute Gasteiger partial charge is 0.378 e. The number of benzene rings is 1. The standard InChI is InChI=1S/C15H15ClFN3O3S/c16-10-7-9(1-2-11(10)17)18-13(21)8-12-14(22)19-15(24-12)20-3-5-23-6-4-20/h1-2,7,12H,3-6,8H2,(H,18,21). The molecule has 128 valence electrons. The monoisotopic (exact) mass is 371 g/mol. The highest BCUT2D eigenvalue weighted by atomic mass is 35.5. The van der Waals surface area contributed by atoms with E-state index >= 15 is 0 Å². The van der Waals surface area contributed by atoms with Gasteiger partial charge in [0.05, 0.1) is 18.2 Å². The molecule has 0 aromatic heterocycles. The van der Waals surface area contributed by atoms with Crippen LogP contribution in [0.15, 0.2) is 23.2 Å². The Morgan fingerprint density at radius 1 is 1.46 bits per heavy atom. The third-order valence-corrected chi connectivity index (χ3v) is 5.09. The number of nitrogens with one attached hydrogen (secondary N) is 1. The zero-order valence-electron chi connectivity index (χ0n) is 12.6. The van der Waals surface area contributed by atoms with Gasteiger partial charge in [-0.2, -0.15) is 4.99 Å². The Balaban J connectivity index is 1.55. The van der Waals surface area contributed by atoms with Crippen molar-refractivity contribution in [3.05, 3.63) is 29.0 Å². The summed E-state index contributed by atoms with van der Waals surface area (Å²) in [7, 11) is 0. The molecule has 9 heteroatoms. The molecule has 2 aliphatic heterocycles. The Morgan fingerprint density at radius 2 is 2.21 bits per heavy atom. The van der Waals surface area contributed by atoms with E-state index in [1.165, 1.54) is 30.0 Å². The lowest BCUT2D eigenvalue weighted by atomic mass is 10.2. The van der Waals surface area contributed by atoms with Gasteiger partial charge in [-0.15, -0.1) is 0 Å². The summed E-state index contributed by atoms with van der Waals surface area (Å²) in [5, 5.41) is 2.64. The van der Waals surface area contributed by atoms with Crippen LogP contribution < -0.4 is 5.32 Å². The molecule has 0 radical (unpaired) electrons. The van der Waals surface area contributed by atoms with Gasteiger partial charge < -0.3 is 15.0 Å². The van der Waals surface area contributed by atoms with Crippen LogP contribution in [-0.2, 0) is 14.3 Å². The van der Waals surface area contributed by atoms with E-state index in [2.05, 4.69) is 10.3 Å². The lowest BCUT2D eigenvalue weighted by molar-refractivity contribution is -0.121. The molecule has 6 nitrogen and oxygen atoms in total. The van der Waals surface area contributed by atoms with Gasteiger partial charge in [0.15, 0.2) is 5.17 Å². The number of nitrogens with zero attached hydrogens (tertiary/aromatic N) is 2. The topological polar surface area (TPSA) is 71.0 Å². The van der Waals surface area contributed by atoms with Gasteiger partial charge in [0.1, 0.15) is 11.1 Å². The van der Waals surface area contributed by atoms with E-state index in [0.717, 1.165) is 0 Å². The van der Waals surface area contributed by atoms with Gasteiger partial charge in [-0.1, -0.05) is 23.4 Å². The van der Waals surface area contributed by atoms with E-state index < -0.39 is 11.1 Å². The van der Waals surface area contributed by atoms with Gasteiger partial charge >= 0.3 is 0 Å². The highest BCUT2D eigenvalue weighted by molar-refractivity contribution is 8.15. The number of amidine groups is 1. The Morgan fingerprint density at radius 3 is 2.92 bits per heavy atom. The van der Waals surface area contributed by atoms with Crippen molar-refractivity contribution in [3.63, 3.8) is 0 Å². The van der Waals surface area contributed by atoms with Crippen molar-refractivity contribution in [1.82, 2.24) is 4.90 Å². The third kappa shape index (κ3) is 4.06. The fraction of sp³-hybridized carbons (Fsp3) is 0.400. The van der Waals surface area contributed by atoms with Crippen LogP contribution in [0.5, 0.6) is 0 Å². The molecule has 2 heterocycles. The summed E-state index contributed by atoms with van der Waals surface area (Å²) in [6.07, 6.45) is -0.00413. The van der Waals surface area contributed by atoms with Gasteiger partial charge in [-0.25, -0.2) is 4.39 Å². The molecule has 0 aliphatic carbocycles. The van der Waals surface area contributed by atoms with E-state index in [4.69, 9.17) is 16.3 Å². The van der Waals surface area contributed by atoms with Crippen LogP contribution in [0.4, 0.5) is 10.1 Å². The van der Waals surface area contributed by atoms with Crippen LogP contribution in [0.25, 0.3) is 0 Å². The minimum atomic E-state index is -0.556. The molecule has 3 rings (SSSR count). The molecule has 1 N–H and O–H groups in total. The zero-order valence-corrected chi connectivity index (χ0v) is 14.2. The summed E-state index contributed by atoms with van der Waals surface area (Å²) in [4.78, 5) is 30.1. The molecule has 1 aromatic rings. The first-order valence-corrected chi connectivity index (χ1v) is 8.65. The second-order valence-corrected chi connectivity index (χ2v) is 6.90. The van der Waals surface area contributed by atoms with E-state index in [1.54, 1.807) is 0 Å². The van der Waals surface area contributed by atoms with Gasteiger partial charge in [0.2, 0.25) is 5.91 Å². The fourth-order valence-corrected chi connectivity index (χ4v) is 3.65. The SMILES string of the molecule is O=C(CC1SC(N2CCOCC2)=NC1=O)Nc1ccc(F)c(Cl)c1. The van der Waals surface area contributed by atoms with Crippen molar-refractivity contribution in [1.29, 1.82) is 0 Å². The quantitative estimate of drug-likeness (QED) is 0.881. The molecule has 1 aromatic carbocycles. The van der Waals surface area contributed by atoms with Crippen LogP contribution >= 0.6 is 23.4 Å². The maximum atomic E-state index is 13.1. The number of morpholine rings is 1. The van der Waals surface area contributed by atoms with Crippen LogP contribution in [0, 0.1) is 5.82 Å². The number of amides is 2. The summed E-state index contributed by atoms with van der Waals surface area (Å²) in [5.74, 6) is -1.21. The van der Waals surface area contributed by atoms with Crippen LogP contribution in [0.1, 0.15) is 6.42 Å². The molecule has 2 amide bonds. The van der Waals surface area contributed by atoms with E-state index in [9.17, 15) is 14.0 Å². The van der Waals surface area contributed by atoms with Crippen molar-refractivity contribution < 1.29 is 18.7 Å². The first-order valence-electron chi connectivity index (χ1n) is 7.40. The number of hydrogen-bond donors (Lipinski definition) is 1. The maximum Gasteiger partial charge on any atom is 0.262 e. The minimum absolute atomic E-state index is 0.00413. The molecule has 1 unspecified atom stereocenters. The molecule has 1 atom stereocenters. The number of halogens is 2. The summed E-state index contributed by atoms with van der Waals surface area (Å²) in [6, 6.07) is 3.92. The Kier molecular flexibility index (Phi) is 5.37. The molecular weight excluding hydrogens is 357 g/mol. The number of rotatable bonds is 3. The van der Waals surface area contributed by atoms with Crippen molar-refractivity contribution in [3.8, 4) is 0 Å². The lowest BCUT2D eigenvalue weighted by Crippen LogP contribution is -2.39. The number of hydrogen-bond acceptors (Lipinski definition) is 5. The summed E-state index contributed by atoms with van der Waals surface area (Å²) in [6.45, 7) is 2.58. The van der Waals surface area contributed by atoms with Gasteiger partial charge in [-0.05, 0) is 18.2 Å². The van der Waals surface area contributed by atoms with Crippen molar-refractivity contribution in [2.24, 2.45) is 4.99 Å². The third-order valence-electron chi connectivity index (χ3n) is 3.58. The summed E-state index contributed by atoms with van der Waals surface area (Å²) < 4.78 is 18.4. The van der Waals surface area contributed by atoms with Crippen molar-refractivity contribution in [2.45, 2.75) is 11.7 Å². The number of ether oxygens (including phenoxy) is 1. The number of carbonyl (C=O) groups excluding carboxylic acids is 2. The predicted molar refractivity (Wildman–Crippen MR) is 90.9 cm³/mol.